The van der Waals surface area contributed by atoms with Crippen molar-refractivity contribution in [1.82, 2.24) is 10.3 Å². The molecule has 0 aliphatic carbocycles. The fourth-order valence-corrected chi connectivity index (χ4v) is 3.15. The molecule has 2 N–H and O–H groups in total. The van der Waals surface area contributed by atoms with Crippen molar-refractivity contribution in [2.45, 2.75) is 31.7 Å². The number of hydrogen-bond acceptors (Lipinski definition) is 4. The van der Waals surface area contributed by atoms with Crippen LogP contribution in [-0.2, 0) is 4.79 Å². The van der Waals surface area contributed by atoms with E-state index < -0.39 is 17.9 Å². The summed E-state index contributed by atoms with van der Waals surface area (Å²) in [6, 6.07) is 11.1. The predicted octanol–water partition coefficient (Wildman–Crippen LogP) is 3.02. The van der Waals surface area contributed by atoms with E-state index in [1.807, 2.05) is 6.07 Å². The standard InChI is InChI=1S/C20H23N3O3/c24-19(22-18(20(25)26)15-8-4-3-5-9-15)16-10-11-17(21-14-16)23-12-6-1-2-7-13-23/h3-5,8-11,14,18H,1-2,6-7,12-13H2,(H,22,24)(H,25,26)/t18-/m1/s1. The van der Waals surface area contributed by atoms with Crippen molar-refractivity contribution in [3.05, 3.63) is 59.8 Å². The molecule has 3 rings (SSSR count). The average molecular weight is 353 g/mol. The Balaban J connectivity index is 1.70. The predicted molar refractivity (Wildman–Crippen MR) is 99.2 cm³/mol. The number of carbonyl (C=O) groups excluding carboxylic acids is 1. The van der Waals surface area contributed by atoms with E-state index in [2.05, 4.69) is 15.2 Å². The largest absolute Gasteiger partial charge is 0.479 e. The van der Waals surface area contributed by atoms with Gasteiger partial charge in [-0.05, 0) is 30.5 Å². The number of carboxylic acid groups (broad SMARTS) is 1. The third kappa shape index (κ3) is 4.39. The van der Waals surface area contributed by atoms with Crippen LogP contribution in [0.25, 0.3) is 0 Å². The molecule has 136 valence electrons. The van der Waals surface area contributed by atoms with Crippen molar-refractivity contribution < 1.29 is 14.7 Å². The summed E-state index contributed by atoms with van der Waals surface area (Å²) in [6.07, 6.45) is 6.31. The van der Waals surface area contributed by atoms with E-state index in [0.29, 0.717) is 11.1 Å². The van der Waals surface area contributed by atoms with Gasteiger partial charge < -0.3 is 15.3 Å². The second kappa shape index (κ2) is 8.47. The maximum absolute atomic E-state index is 12.4. The molecule has 0 unspecified atom stereocenters. The van der Waals surface area contributed by atoms with Gasteiger partial charge in [0.15, 0.2) is 6.04 Å². The third-order valence-corrected chi connectivity index (χ3v) is 4.60. The normalized spacial score (nSPS) is 15.8. The number of carbonyl (C=O) groups is 2. The van der Waals surface area contributed by atoms with Crippen molar-refractivity contribution in [2.24, 2.45) is 0 Å². The Bertz CT molecular complexity index is 739. The molecule has 1 fully saturated rings. The first-order chi connectivity index (χ1) is 12.6. The van der Waals surface area contributed by atoms with Gasteiger partial charge in [-0.2, -0.15) is 0 Å². The first kappa shape index (κ1) is 17.9. The number of benzene rings is 1. The number of aromatic nitrogens is 1. The highest BCUT2D eigenvalue weighted by molar-refractivity contribution is 5.96. The summed E-state index contributed by atoms with van der Waals surface area (Å²) in [5, 5.41) is 12.0. The molecule has 0 bridgehead atoms. The van der Waals surface area contributed by atoms with Crippen LogP contribution >= 0.6 is 0 Å². The van der Waals surface area contributed by atoms with Crippen LogP contribution < -0.4 is 10.2 Å². The van der Waals surface area contributed by atoms with E-state index >= 15 is 0 Å². The smallest absolute Gasteiger partial charge is 0.330 e. The topological polar surface area (TPSA) is 82.5 Å². The molecule has 1 atom stereocenters. The Hall–Kier alpha value is -2.89. The number of carboxylic acids is 1. The van der Waals surface area contributed by atoms with Gasteiger partial charge >= 0.3 is 5.97 Å². The highest BCUT2D eigenvalue weighted by atomic mass is 16.4. The molecule has 1 aromatic carbocycles. The zero-order chi connectivity index (χ0) is 18.4. The summed E-state index contributed by atoms with van der Waals surface area (Å²) in [7, 11) is 0. The van der Waals surface area contributed by atoms with Gasteiger partial charge in [0.05, 0.1) is 5.56 Å². The van der Waals surface area contributed by atoms with Crippen LogP contribution in [0.5, 0.6) is 0 Å². The molecule has 1 aliphatic heterocycles. The van der Waals surface area contributed by atoms with Crippen LogP contribution in [0.3, 0.4) is 0 Å². The second-order valence-corrected chi connectivity index (χ2v) is 6.46. The Kier molecular flexibility index (Phi) is 5.84. The first-order valence-electron chi connectivity index (χ1n) is 8.95. The van der Waals surface area contributed by atoms with Crippen molar-refractivity contribution in [2.75, 3.05) is 18.0 Å². The van der Waals surface area contributed by atoms with Crippen LogP contribution in [0.2, 0.25) is 0 Å². The van der Waals surface area contributed by atoms with E-state index in [0.717, 1.165) is 31.7 Å². The summed E-state index contributed by atoms with van der Waals surface area (Å²) in [6.45, 7) is 1.96. The molecular weight excluding hydrogens is 330 g/mol. The molecule has 1 saturated heterocycles. The lowest BCUT2D eigenvalue weighted by Crippen LogP contribution is -2.34. The van der Waals surface area contributed by atoms with Crippen molar-refractivity contribution >= 4 is 17.7 Å². The highest BCUT2D eigenvalue weighted by Crippen LogP contribution is 2.18. The van der Waals surface area contributed by atoms with Crippen LogP contribution in [0, 0.1) is 0 Å². The molecule has 6 nitrogen and oxygen atoms in total. The maximum Gasteiger partial charge on any atom is 0.330 e. The summed E-state index contributed by atoms with van der Waals surface area (Å²) in [5.74, 6) is -0.684. The lowest BCUT2D eigenvalue weighted by Gasteiger charge is -2.21. The third-order valence-electron chi connectivity index (χ3n) is 4.60. The summed E-state index contributed by atoms with van der Waals surface area (Å²) < 4.78 is 0. The van der Waals surface area contributed by atoms with E-state index in [9.17, 15) is 14.7 Å². The number of anilines is 1. The summed E-state index contributed by atoms with van der Waals surface area (Å²) in [5.41, 5.74) is 0.883. The molecule has 1 amide bonds. The Morgan fingerprint density at radius 1 is 1.00 bits per heavy atom. The van der Waals surface area contributed by atoms with Crippen molar-refractivity contribution in [3.8, 4) is 0 Å². The van der Waals surface area contributed by atoms with Crippen molar-refractivity contribution in [3.63, 3.8) is 0 Å². The minimum atomic E-state index is -1.10. The molecule has 2 aromatic rings. The van der Waals surface area contributed by atoms with Crippen LogP contribution in [0.15, 0.2) is 48.7 Å². The number of hydrogen-bond donors (Lipinski definition) is 2. The fraction of sp³-hybridized carbons (Fsp3) is 0.350. The van der Waals surface area contributed by atoms with E-state index in [1.54, 1.807) is 36.4 Å². The van der Waals surface area contributed by atoms with Crippen LogP contribution in [0.1, 0.15) is 47.6 Å². The average Bonchev–Trinajstić information content (AvgIpc) is 2.96. The van der Waals surface area contributed by atoms with Gasteiger partial charge in [0.25, 0.3) is 5.91 Å². The molecule has 0 radical (unpaired) electrons. The van der Waals surface area contributed by atoms with Crippen LogP contribution in [0.4, 0.5) is 5.82 Å². The first-order valence-corrected chi connectivity index (χ1v) is 8.95. The van der Waals surface area contributed by atoms with Crippen molar-refractivity contribution in [1.29, 1.82) is 0 Å². The quantitative estimate of drug-likeness (QED) is 0.863. The SMILES string of the molecule is O=C(N[C@@H](C(=O)O)c1ccccc1)c1ccc(N2CCCCCC2)nc1. The van der Waals surface area contributed by atoms with Gasteiger partial charge in [-0.15, -0.1) is 0 Å². The lowest BCUT2D eigenvalue weighted by molar-refractivity contribution is -0.139. The van der Waals surface area contributed by atoms with Gasteiger partial charge in [0.1, 0.15) is 5.82 Å². The number of nitrogens with one attached hydrogen (secondary N) is 1. The fourth-order valence-electron chi connectivity index (χ4n) is 3.15. The number of aliphatic carboxylic acids is 1. The monoisotopic (exact) mass is 353 g/mol. The van der Waals surface area contributed by atoms with Gasteiger partial charge in [-0.25, -0.2) is 9.78 Å². The molecule has 1 aliphatic rings. The molecule has 6 heteroatoms. The zero-order valence-corrected chi connectivity index (χ0v) is 14.6. The van der Waals surface area contributed by atoms with Gasteiger partial charge in [-0.1, -0.05) is 43.2 Å². The second-order valence-electron chi connectivity index (χ2n) is 6.46. The molecular formula is C20H23N3O3. The van der Waals surface area contributed by atoms with E-state index in [4.69, 9.17) is 0 Å². The minimum Gasteiger partial charge on any atom is -0.479 e. The number of rotatable bonds is 5. The Morgan fingerprint density at radius 2 is 1.69 bits per heavy atom. The van der Waals surface area contributed by atoms with Gasteiger partial charge in [0, 0.05) is 19.3 Å². The number of pyridine rings is 1. The Labute approximate surface area is 152 Å². The zero-order valence-electron chi connectivity index (χ0n) is 14.6. The molecule has 0 saturated carbocycles. The summed E-state index contributed by atoms with van der Waals surface area (Å²) >= 11 is 0. The highest BCUT2D eigenvalue weighted by Gasteiger charge is 2.22. The molecule has 1 aromatic heterocycles. The molecule has 26 heavy (non-hydrogen) atoms. The molecule has 0 spiro atoms. The van der Waals surface area contributed by atoms with E-state index in [1.165, 1.54) is 19.0 Å². The minimum absolute atomic E-state index is 0.353. The molecule has 2 heterocycles. The Morgan fingerprint density at radius 3 is 2.27 bits per heavy atom. The number of amides is 1. The lowest BCUT2D eigenvalue weighted by atomic mass is 10.1. The van der Waals surface area contributed by atoms with E-state index in [-0.39, 0.29) is 0 Å². The summed E-state index contributed by atoms with van der Waals surface area (Å²) in [4.78, 5) is 30.6. The van der Waals surface area contributed by atoms with Gasteiger partial charge in [0.2, 0.25) is 0 Å². The number of nitrogens with zero attached hydrogens (tertiary/aromatic N) is 2. The van der Waals surface area contributed by atoms with Crippen LogP contribution in [-0.4, -0.2) is 35.1 Å². The maximum atomic E-state index is 12.4. The van der Waals surface area contributed by atoms with Gasteiger partial charge in [-0.3, -0.25) is 4.79 Å².